The van der Waals surface area contributed by atoms with E-state index in [0.717, 1.165) is 0 Å². The van der Waals surface area contributed by atoms with Gasteiger partial charge in [0.15, 0.2) is 0 Å². The number of fused-ring (bicyclic) bond motifs is 1. The molecule has 114 valence electrons. The van der Waals surface area contributed by atoms with E-state index in [-0.39, 0.29) is 0 Å². The van der Waals surface area contributed by atoms with Crippen molar-refractivity contribution >= 4 is 16.6 Å². The third-order valence-corrected chi connectivity index (χ3v) is 4.97. The highest BCUT2D eigenvalue weighted by Gasteiger charge is 2.16. The van der Waals surface area contributed by atoms with Crippen LogP contribution in [0.15, 0.2) is 42.7 Å². The van der Waals surface area contributed by atoms with Gasteiger partial charge in [-0.2, -0.15) is 0 Å². The van der Waals surface area contributed by atoms with E-state index >= 15 is 0 Å². The summed E-state index contributed by atoms with van der Waals surface area (Å²) in [4.78, 5) is 9.30. The predicted octanol–water partition coefficient (Wildman–Crippen LogP) is 4.64. The fourth-order valence-electron chi connectivity index (χ4n) is 3.62. The van der Waals surface area contributed by atoms with Crippen LogP contribution in [-0.2, 0) is 0 Å². The molecule has 0 amide bonds. The van der Waals surface area contributed by atoms with Crippen molar-refractivity contribution in [2.24, 2.45) is 0 Å². The highest BCUT2D eigenvalue weighted by molar-refractivity contribution is 5.87. The standard InChI is InChI=1S/C19H23N3/c1-14(18-6-5-9-20-18)17-13-21-19-8-7-15(12-16(17)19)22-10-3-2-4-11-22/h5-9,12-14,20-21H,2-4,10-11H2,1H3. The molecule has 0 saturated carbocycles. The summed E-state index contributed by atoms with van der Waals surface area (Å²) in [6.45, 7) is 4.65. The summed E-state index contributed by atoms with van der Waals surface area (Å²) >= 11 is 0. The van der Waals surface area contributed by atoms with Gasteiger partial charge in [0.25, 0.3) is 0 Å². The van der Waals surface area contributed by atoms with Gasteiger partial charge in [-0.05, 0) is 55.2 Å². The first-order valence-corrected chi connectivity index (χ1v) is 8.32. The normalized spacial score (nSPS) is 17.0. The van der Waals surface area contributed by atoms with Crippen LogP contribution >= 0.6 is 0 Å². The number of rotatable bonds is 3. The van der Waals surface area contributed by atoms with Gasteiger partial charge in [-0.3, -0.25) is 0 Å². The van der Waals surface area contributed by atoms with E-state index in [4.69, 9.17) is 0 Å². The number of nitrogens with one attached hydrogen (secondary N) is 2. The van der Waals surface area contributed by atoms with Crippen LogP contribution in [0.1, 0.15) is 43.4 Å². The van der Waals surface area contributed by atoms with Gasteiger partial charge in [-0.1, -0.05) is 6.92 Å². The molecule has 1 fully saturated rings. The molecular weight excluding hydrogens is 270 g/mol. The van der Waals surface area contributed by atoms with Crippen molar-refractivity contribution in [2.75, 3.05) is 18.0 Å². The number of aromatic nitrogens is 2. The fourth-order valence-corrected chi connectivity index (χ4v) is 3.62. The zero-order chi connectivity index (χ0) is 14.9. The molecule has 4 rings (SSSR count). The van der Waals surface area contributed by atoms with Crippen LogP contribution < -0.4 is 4.90 Å². The summed E-state index contributed by atoms with van der Waals surface area (Å²) in [5, 5.41) is 1.35. The topological polar surface area (TPSA) is 34.8 Å². The van der Waals surface area contributed by atoms with Crippen molar-refractivity contribution in [1.82, 2.24) is 9.97 Å². The second-order valence-corrected chi connectivity index (χ2v) is 6.37. The molecule has 0 bridgehead atoms. The van der Waals surface area contributed by atoms with Gasteiger partial charge >= 0.3 is 0 Å². The fraction of sp³-hybridized carbons (Fsp3) is 0.368. The monoisotopic (exact) mass is 293 g/mol. The SMILES string of the molecule is CC(c1ccc[nH]1)c1c[nH]c2ccc(N3CCCCC3)cc12. The average Bonchev–Trinajstić information content (AvgIpc) is 3.24. The summed E-state index contributed by atoms with van der Waals surface area (Å²) in [5.41, 5.74) is 5.24. The highest BCUT2D eigenvalue weighted by Crippen LogP contribution is 2.32. The first-order chi connectivity index (χ1) is 10.8. The lowest BCUT2D eigenvalue weighted by atomic mass is 9.97. The van der Waals surface area contributed by atoms with Gasteiger partial charge in [-0.15, -0.1) is 0 Å². The molecule has 3 heterocycles. The molecular formula is C19H23N3. The van der Waals surface area contributed by atoms with Crippen molar-refractivity contribution < 1.29 is 0 Å². The van der Waals surface area contributed by atoms with Crippen molar-refractivity contribution in [3.8, 4) is 0 Å². The van der Waals surface area contributed by atoms with E-state index in [2.05, 4.69) is 58.3 Å². The molecule has 1 unspecified atom stereocenters. The van der Waals surface area contributed by atoms with Crippen molar-refractivity contribution in [3.05, 3.63) is 54.0 Å². The number of anilines is 1. The van der Waals surface area contributed by atoms with E-state index < -0.39 is 0 Å². The number of nitrogens with zero attached hydrogens (tertiary/aromatic N) is 1. The van der Waals surface area contributed by atoms with Crippen LogP contribution in [0.2, 0.25) is 0 Å². The molecule has 2 aromatic heterocycles. The van der Waals surface area contributed by atoms with E-state index in [9.17, 15) is 0 Å². The molecule has 3 aromatic rings. The van der Waals surface area contributed by atoms with Crippen LogP contribution in [0.4, 0.5) is 5.69 Å². The third-order valence-electron chi connectivity index (χ3n) is 4.97. The Morgan fingerprint density at radius 2 is 1.91 bits per heavy atom. The maximum absolute atomic E-state index is 3.43. The van der Waals surface area contributed by atoms with Crippen LogP contribution in [0, 0.1) is 0 Å². The van der Waals surface area contributed by atoms with Crippen molar-refractivity contribution in [3.63, 3.8) is 0 Å². The quantitative estimate of drug-likeness (QED) is 0.725. The summed E-state index contributed by atoms with van der Waals surface area (Å²) in [6.07, 6.45) is 8.17. The summed E-state index contributed by atoms with van der Waals surface area (Å²) in [5.74, 6) is 0.375. The molecule has 1 aliphatic rings. The number of hydrogen-bond acceptors (Lipinski definition) is 1. The molecule has 1 atom stereocenters. The number of aromatic amines is 2. The second-order valence-electron chi connectivity index (χ2n) is 6.37. The zero-order valence-corrected chi connectivity index (χ0v) is 13.1. The van der Waals surface area contributed by atoms with E-state index in [1.54, 1.807) is 0 Å². The lowest BCUT2D eigenvalue weighted by Gasteiger charge is -2.29. The smallest absolute Gasteiger partial charge is 0.0458 e. The number of benzene rings is 1. The predicted molar refractivity (Wildman–Crippen MR) is 92.7 cm³/mol. The molecule has 22 heavy (non-hydrogen) atoms. The van der Waals surface area contributed by atoms with Crippen molar-refractivity contribution in [1.29, 1.82) is 0 Å². The maximum atomic E-state index is 3.43. The Morgan fingerprint density at radius 3 is 2.68 bits per heavy atom. The minimum Gasteiger partial charge on any atom is -0.372 e. The molecule has 2 N–H and O–H groups in total. The summed E-state index contributed by atoms with van der Waals surface area (Å²) in [7, 11) is 0. The van der Waals surface area contributed by atoms with Crippen LogP contribution in [-0.4, -0.2) is 23.1 Å². The first kappa shape index (κ1) is 13.5. The summed E-state index contributed by atoms with van der Waals surface area (Å²) in [6, 6.07) is 11.1. The molecule has 1 aliphatic heterocycles. The molecule has 0 radical (unpaired) electrons. The lowest BCUT2D eigenvalue weighted by molar-refractivity contribution is 0.578. The van der Waals surface area contributed by atoms with E-state index in [0.29, 0.717) is 5.92 Å². The largest absolute Gasteiger partial charge is 0.372 e. The number of H-pyrrole nitrogens is 2. The Bertz CT molecular complexity index is 748. The Morgan fingerprint density at radius 1 is 1.05 bits per heavy atom. The van der Waals surface area contributed by atoms with Crippen molar-refractivity contribution in [2.45, 2.75) is 32.1 Å². The Hall–Kier alpha value is -2.16. The van der Waals surface area contributed by atoms with Gasteiger partial charge in [0.1, 0.15) is 0 Å². The third kappa shape index (κ3) is 2.31. The van der Waals surface area contributed by atoms with Crippen LogP contribution in [0.25, 0.3) is 10.9 Å². The Labute approximate surface area is 131 Å². The number of piperidine rings is 1. The van der Waals surface area contributed by atoms with Gasteiger partial charge in [0.05, 0.1) is 0 Å². The van der Waals surface area contributed by atoms with Crippen LogP contribution in [0.5, 0.6) is 0 Å². The molecule has 0 spiro atoms. The van der Waals surface area contributed by atoms with Gasteiger partial charge in [-0.25, -0.2) is 0 Å². The zero-order valence-electron chi connectivity index (χ0n) is 13.1. The minimum atomic E-state index is 0.375. The Kier molecular flexibility index (Phi) is 3.41. The first-order valence-electron chi connectivity index (χ1n) is 8.32. The second kappa shape index (κ2) is 5.56. The highest BCUT2D eigenvalue weighted by atomic mass is 15.1. The van der Waals surface area contributed by atoms with Gasteiger partial charge in [0.2, 0.25) is 0 Å². The lowest BCUT2D eigenvalue weighted by Crippen LogP contribution is -2.29. The van der Waals surface area contributed by atoms with Crippen LogP contribution in [0.3, 0.4) is 0 Å². The average molecular weight is 293 g/mol. The molecule has 1 aromatic carbocycles. The number of hydrogen-bond donors (Lipinski definition) is 2. The van der Waals surface area contributed by atoms with E-state index in [1.807, 2.05) is 6.20 Å². The minimum absolute atomic E-state index is 0.375. The Balaban J connectivity index is 1.73. The maximum Gasteiger partial charge on any atom is 0.0458 e. The molecule has 3 heteroatoms. The molecule has 0 aliphatic carbocycles. The van der Waals surface area contributed by atoms with E-state index in [1.165, 1.54) is 60.2 Å². The van der Waals surface area contributed by atoms with Gasteiger partial charge in [0, 0.05) is 53.7 Å². The molecule has 1 saturated heterocycles. The molecule has 3 nitrogen and oxygen atoms in total. The van der Waals surface area contributed by atoms with Gasteiger partial charge < -0.3 is 14.9 Å². The summed E-state index contributed by atoms with van der Waals surface area (Å²) < 4.78 is 0.